The van der Waals surface area contributed by atoms with Crippen LogP contribution in [0, 0.1) is 5.82 Å². The zero-order chi connectivity index (χ0) is 15.2. The summed E-state index contributed by atoms with van der Waals surface area (Å²) in [6.07, 6.45) is 3.70. The third-order valence-corrected chi connectivity index (χ3v) is 3.80. The third kappa shape index (κ3) is 4.39. The van der Waals surface area contributed by atoms with Crippen molar-refractivity contribution >= 4 is 11.5 Å². The number of carbonyl (C=O) groups is 1. The van der Waals surface area contributed by atoms with Gasteiger partial charge in [0.15, 0.2) is 0 Å². The molecule has 0 atom stereocenters. The first-order valence-electron chi connectivity index (χ1n) is 7.45. The second kappa shape index (κ2) is 7.36. The molecule has 114 valence electrons. The van der Waals surface area contributed by atoms with E-state index in [1.54, 1.807) is 18.2 Å². The highest BCUT2D eigenvalue weighted by Gasteiger charge is 2.21. The number of likely N-dealkylation sites (tertiary alicyclic amines) is 1. The Balaban J connectivity index is 1.94. The Morgan fingerprint density at radius 2 is 1.95 bits per heavy atom. The molecule has 1 aromatic carbocycles. The number of ether oxygens (including phenoxy) is 1. The number of carbonyl (C=O) groups excluding carboxylic acids is 1. The molecule has 1 aromatic rings. The van der Waals surface area contributed by atoms with Crippen LogP contribution in [0.4, 0.5) is 4.39 Å². The van der Waals surface area contributed by atoms with Crippen molar-refractivity contribution in [1.82, 2.24) is 4.90 Å². The molecule has 0 spiro atoms. The number of hydrogen-bond donors (Lipinski definition) is 0. The minimum atomic E-state index is -0.268. The van der Waals surface area contributed by atoms with Crippen LogP contribution in [0.25, 0.3) is 5.57 Å². The summed E-state index contributed by atoms with van der Waals surface area (Å²) < 4.78 is 18.5. The predicted molar refractivity (Wildman–Crippen MR) is 81.3 cm³/mol. The van der Waals surface area contributed by atoms with Crippen molar-refractivity contribution < 1.29 is 13.9 Å². The lowest BCUT2D eigenvalue weighted by atomic mass is 10.1. The summed E-state index contributed by atoms with van der Waals surface area (Å²) >= 11 is 0. The second-order valence-corrected chi connectivity index (χ2v) is 5.31. The van der Waals surface area contributed by atoms with Crippen LogP contribution < -0.4 is 0 Å². The quantitative estimate of drug-likeness (QED) is 0.797. The van der Waals surface area contributed by atoms with Crippen LogP contribution in [0.15, 0.2) is 30.3 Å². The van der Waals surface area contributed by atoms with E-state index in [-0.39, 0.29) is 17.8 Å². The van der Waals surface area contributed by atoms with E-state index in [1.807, 2.05) is 18.7 Å². The Morgan fingerprint density at radius 1 is 1.33 bits per heavy atom. The molecule has 1 saturated heterocycles. The first-order chi connectivity index (χ1) is 10.1. The van der Waals surface area contributed by atoms with Crippen molar-refractivity contribution in [2.75, 3.05) is 19.7 Å². The van der Waals surface area contributed by atoms with E-state index >= 15 is 0 Å². The lowest BCUT2D eigenvalue weighted by molar-refractivity contribution is -0.128. The molecule has 0 unspecified atom stereocenters. The summed E-state index contributed by atoms with van der Waals surface area (Å²) in [5, 5.41) is 0. The maximum Gasteiger partial charge on any atom is 0.246 e. The van der Waals surface area contributed by atoms with E-state index in [4.69, 9.17) is 4.74 Å². The maximum absolute atomic E-state index is 12.9. The number of rotatable bonds is 4. The normalized spacial score (nSPS) is 17.1. The standard InChI is InChI=1S/C17H22FNO2/c1-3-21-16-8-10-19(11-9-16)17(20)12-13(2)14-4-6-15(18)7-5-14/h4-7,12,16H,3,8-11H2,1-2H3/b13-12-. The van der Waals surface area contributed by atoms with E-state index in [0.717, 1.165) is 43.7 Å². The molecule has 4 heteroatoms. The lowest BCUT2D eigenvalue weighted by Crippen LogP contribution is -2.40. The minimum absolute atomic E-state index is 0.0202. The fraction of sp³-hybridized carbons (Fsp3) is 0.471. The summed E-state index contributed by atoms with van der Waals surface area (Å²) in [6, 6.07) is 6.20. The van der Waals surface area contributed by atoms with E-state index in [1.165, 1.54) is 12.1 Å². The molecule has 3 nitrogen and oxygen atoms in total. The topological polar surface area (TPSA) is 29.5 Å². The van der Waals surface area contributed by atoms with Gasteiger partial charge in [0, 0.05) is 25.8 Å². The average molecular weight is 291 g/mol. The molecule has 21 heavy (non-hydrogen) atoms. The van der Waals surface area contributed by atoms with Gasteiger partial charge in [0.1, 0.15) is 5.82 Å². The van der Waals surface area contributed by atoms with Crippen LogP contribution in [0.2, 0.25) is 0 Å². The predicted octanol–water partition coefficient (Wildman–Crippen LogP) is 3.26. The molecule has 1 heterocycles. The van der Waals surface area contributed by atoms with Gasteiger partial charge in [-0.25, -0.2) is 4.39 Å². The highest BCUT2D eigenvalue weighted by molar-refractivity contribution is 5.94. The van der Waals surface area contributed by atoms with Crippen molar-refractivity contribution in [1.29, 1.82) is 0 Å². The van der Waals surface area contributed by atoms with Gasteiger partial charge in [0.2, 0.25) is 5.91 Å². The van der Waals surface area contributed by atoms with Crippen molar-refractivity contribution in [3.8, 4) is 0 Å². The largest absolute Gasteiger partial charge is 0.378 e. The molecular formula is C17H22FNO2. The van der Waals surface area contributed by atoms with Crippen molar-refractivity contribution in [2.45, 2.75) is 32.8 Å². The van der Waals surface area contributed by atoms with Gasteiger partial charge in [0.25, 0.3) is 0 Å². The lowest BCUT2D eigenvalue weighted by Gasteiger charge is -2.31. The van der Waals surface area contributed by atoms with Gasteiger partial charge in [-0.1, -0.05) is 12.1 Å². The van der Waals surface area contributed by atoms with Crippen molar-refractivity contribution in [3.63, 3.8) is 0 Å². The average Bonchev–Trinajstić information content (AvgIpc) is 2.49. The molecule has 1 aliphatic heterocycles. The Bertz CT molecular complexity index is 502. The van der Waals surface area contributed by atoms with Crippen LogP contribution in [0.1, 0.15) is 32.3 Å². The first-order valence-corrected chi connectivity index (χ1v) is 7.45. The zero-order valence-corrected chi connectivity index (χ0v) is 12.6. The summed E-state index contributed by atoms with van der Waals surface area (Å²) in [7, 11) is 0. The molecule has 0 aliphatic carbocycles. The van der Waals surface area contributed by atoms with Gasteiger partial charge in [-0.05, 0) is 50.0 Å². The summed E-state index contributed by atoms with van der Waals surface area (Å²) in [5.41, 5.74) is 1.72. The molecule has 1 amide bonds. The van der Waals surface area contributed by atoms with Gasteiger partial charge in [0.05, 0.1) is 6.10 Å². The van der Waals surface area contributed by atoms with Gasteiger partial charge in [-0.3, -0.25) is 4.79 Å². The molecular weight excluding hydrogens is 269 g/mol. The molecule has 0 bridgehead atoms. The number of hydrogen-bond acceptors (Lipinski definition) is 2. The van der Waals surface area contributed by atoms with Gasteiger partial charge >= 0.3 is 0 Å². The summed E-state index contributed by atoms with van der Waals surface area (Å²) in [4.78, 5) is 14.1. The fourth-order valence-corrected chi connectivity index (χ4v) is 2.55. The molecule has 1 aliphatic rings. The monoisotopic (exact) mass is 291 g/mol. The Hall–Kier alpha value is -1.68. The van der Waals surface area contributed by atoms with Crippen LogP contribution >= 0.6 is 0 Å². The number of amides is 1. The van der Waals surface area contributed by atoms with E-state index in [0.29, 0.717) is 0 Å². The molecule has 0 aromatic heterocycles. The van der Waals surface area contributed by atoms with E-state index in [9.17, 15) is 9.18 Å². The molecule has 1 fully saturated rings. The molecule has 2 rings (SSSR count). The first kappa shape index (κ1) is 15.7. The summed E-state index contributed by atoms with van der Waals surface area (Å²) in [5.74, 6) is -0.248. The van der Waals surface area contributed by atoms with Gasteiger partial charge < -0.3 is 9.64 Å². The molecule has 0 radical (unpaired) electrons. The summed E-state index contributed by atoms with van der Waals surface area (Å²) in [6.45, 7) is 6.06. The Kier molecular flexibility index (Phi) is 5.51. The molecule has 0 N–H and O–H groups in total. The SMILES string of the molecule is CCOC1CCN(C(=O)/C=C(/C)c2ccc(F)cc2)CC1. The van der Waals surface area contributed by atoms with E-state index in [2.05, 4.69) is 0 Å². The number of benzene rings is 1. The van der Waals surface area contributed by atoms with Crippen molar-refractivity contribution in [3.05, 3.63) is 41.7 Å². The minimum Gasteiger partial charge on any atom is -0.378 e. The van der Waals surface area contributed by atoms with Crippen LogP contribution in [0.5, 0.6) is 0 Å². The number of halogens is 1. The highest BCUT2D eigenvalue weighted by atomic mass is 19.1. The zero-order valence-electron chi connectivity index (χ0n) is 12.6. The third-order valence-electron chi connectivity index (χ3n) is 3.80. The van der Waals surface area contributed by atoms with E-state index < -0.39 is 0 Å². The van der Waals surface area contributed by atoms with Crippen molar-refractivity contribution in [2.24, 2.45) is 0 Å². The second-order valence-electron chi connectivity index (χ2n) is 5.31. The maximum atomic E-state index is 12.9. The van der Waals surface area contributed by atoms with Crippen LogP contribution in [-0.4, -0.2) is 36.6 Å². The number of nitrogens with zero attached hydrogens (tertiary/aromatic N) is 1. The molecule has 0 saturated carbocycles. The number of piperidine rings is 1. The fourth-order valence-electron chi connectivity index (χ4n) is 2.55. The number of allylic oxidation sites excluding steroid dienone is 1. The van der Waals surface area contributed by atoms with Gasteiger partial charge in [-0.15, -0.1) is 0 Å². The smallest absolute Gasteiger partial charge is 0.246 e. The van der Waals surface area contributed by atoms with Crippen LogP contribution in [-0.2, 0) is 9.53 Å². The Labute approximate surface area is 125 Å². The Morgan fingerprint density at radius 3 is 2.52 bits per heavy atom. The van der Waals surface area contributed by atoms with Crippen LogP contribution in [0.3, 0.4) is 0 Å². The highest BCUT2D eigenvalue weighted by Crippen LogP contribution is 2.17. The van der Waals surface area contributed by atoms with Gasteiger partial charge in [-0.2, -0.15) is 0 Å².